The lowest BCUT2D eigenvalue weighted by atomic mass is 10.0. The van der Waals surface area contributed by atoms with Crippen molar-refractivity contribution in [1.82, 2.24) is 9.80 Å². The highest BCUT2D eigenvalue weighted by Gasteiger charge is 2.30. The Morgan fingerprint density at radius 2 is 1.95 bits per heavy atom. The lowest BCUT2D eigenvalue weighted by molar-refractivity contribution is -0.136. The van der Waals surface area contributed by atoms with Crippen LogP contribution in [-0.2, 0) is 4.79 Å². The molecule has 108 valence electrons. The monoisotopic (exact) mass is 280 g/mol. The number of halogens is 2. The van der Waals surface area contributed by atoms with Gasteiger partial charge < -0.3 is 4.90 Å². The summed E-state index contributed by atoms with van der Waals surface area (Å²) in [6.07, 6.45) is 2.95. The number of rotatable bonds is 3. The van der Waals surface area contributed by atoms with Gasteiger partial charge >= 0.3 is 0 Å². The minimum atomic E-state index is -0.824. The van der Waals surface area contributed by atoms with Gasteiger partial charge in [-0.3, -0.25) is 9.69 Å². The van der Waals surface area contributed by atoms with E-state index in [0.717, 1.165) is 44.5 Å². The van der Waals surface area contributed by atoms with Crippen LogP contribution in [0.2, 0.25) is 0 Å². The van der Waals surface area contributed by atoms with Gasteiger partial charge in [0.25, 0.3) is 0 Å². The molecule has 1 aromatic rings. The van der Waals surface area contributed by atoms with Gasteiger partial charge in [-0.2, -0.15) is 0 Å². The number of amides is 1. The number of hydrogen-bond donors (Lipinski definition) is 0. The molecule has 1 aromatic carbocycles. The number of carbonyl (C=O) groups excluding carboxylic acids is 1. The van der Waals surface area contributed by atoms with Gasteiger partial charge in [-0.1, -0.05) is 6.07 Å². The first-order valence-corrected chi connectivity index (χ1v) is 7.12. The molecule has 2 aliphatic heterocycles. The predicted molar refractivity (Wildman–Crippen MR) is 71.1 cm³/mol. The van der Waals surface area contributed by atoms with Crippen LogP contribution in [0.25, 0.3) is 0 Å². The fourth-order valence-corrected chi connectivity index (χ4v) is 2.95. The van der Waals surface area contributed by atoms with Crippen molar-refractivity contribution in [2.45, 2.75) is 25.3 Å². The van der Waals surface area contributed by atoms with Gasteiger partial charge in [0.2, 0.25) is 5.91 Å². The van der Waals surface area contributed by atoms with Gasteiger partial charge in [-0.05, 0) is 43.5 Å². The van der Waals surface area contributed by atoms with E-state index in [1.807, 2.05) is 4.90 Å². The molecule has 0 aliphatic carbocycles. The summed E-state index contributed by atoms with van der Waals surface area (Å²) in [5.41, 5.74) is 0.762. The molecule has 0 bridgehead atoms. The van der Waals surface area contributed by atoms with Crippen molar-refractivity contribution in [3.05, 3.63) is 35.4 Å². The minimum Gasteiger partial charge on any atom is -0.341 e. The Labute approximate surface area is 117 Å². The molecule has 3 rings (SSSR count). The first-order valence-electron chi connectivity index (χ1n) is 7.12. The molecule has 20 heavy (non-hydrogen) atoms. The second kappa shape index (κ2) is 5.48. The van der Waals surface area contributed by atoms with Crippen molar-refractivity contribution in [3.63, 3.8) is 0 Å². The summed E-state index contributed by atoms with van der Waals surface area (Å²) in [6, 6.07) is 4.07. The van der Waals surface area contributed by atoms with E-state index in [1.165, 1.54) is 12.1 Å². The zero-order valence-electron chi connectivity index (χ0n) is 11.3. The Morgan fingerprint density at radius 3 is 2.60 bits per heavy atom. The highest BCUT2D eigenvalue weighted by molar-refractivity contribution is 5.79. The smallest absolute Gasteiger partial charge is 0.236 e. The molecule has 0 saturated carbocycles. The molecular formula is C15H18F2N2O. The minimum absolute atomic E-state index is 0.0235. The topological polar surface area (TPSA) is 23.6 Å². The molecular weight excluding hydrogens is 262 g/mol. The molecule has 2 heterocycles. The Bertz CT molecular complexity index is 517. The molecule has 0 radical (unpaired) electrons. The molecule has 3 nitrogen and oxygen atoms in total. The second-order valence-corrected chi connectivity index (χ2v) is 5.54. The summed E-state index contributed by atoms with van der Waals surface area (Å²) in [7, 11) is 0. The molecule has 0 spiro atoms. The van der Waals surface area contributed by atoms with Gasteiger partial charge in [-0.25, -0.2) is 8.78 Å². The third-order valence-corrected chi connectivity index (χ3v) is 4.24. The number of carbonyl (C=O) groups is 1. The summed E-state index contributed by atoms with van der Waals surface area (Å²) in [4.78, 5) is 16.0. The zero-order chi connectivity index (χ0) is 14.1. The lowest BCUT2D eigenvalue weighted by Gasteiger charge is -2.33. The van der Waals surface area contributed by atoms with Crippen molar-refractivity contribution < 1.29 is 13.6 Å². The van der Waals surface area contributed by atoms with Crippen LogP contribution in [-0.4, -0.2) is 41.9 Å². The summed E-state index contributed by atoms with van der Waals surface area (Å²) in [5.74, 6) is -1.50. The molecule has 1 atom stereocenters. The second-order valence-electron chi connectivity index (χ2n) is 5.54. The SMILES string of the molecule is O=C(CN1CCC[C@H]1c1ccc(F)c(F)c1)N1CCC1. The third kappa shape index (κ3) is 2.54. The molecule has 0 unspecified atom stereocenters. The van der Waals surface area contributed by atoms with Gasteiger partial charge in [0.1, 0.15) is 0 Å². The molecule has 0 N–H and O–H groups in total. The molecule has 1 amide bonds. The molecule has 2 aliphatic rings. The summed E-state index contributed by atoms with van der Waals surface area (Å²) < 4.78 is 26.3. The maximum atomic E-state index is 13.3. The molecule has 2 fully saturated rings. The van der Waals surface area contributed by atoms with E-state index < -0.39 is 11.6 Å². The summed E-state index contributed by atoms with van der Waals surface area (Å²) in [5, 5.41) is 0. The molecule has 5 heteroatoms. The number of nitrogens with zero attached hydrogens (tertiary/aromatic N) is 2. The molecule has 0 aromatic heterocycles. The predicted octanol–water partition coefficient (Wildman–Crippen LogP) is 2.33. The van der Waals surface area contributed by atoms with E-state index in [4.69, 9.17) is 0 Å². The number of likely N-dealkylation sites (tertiary alicyclic amines) is 2. The van der Waals surface area contributed by atoms with E-state index in [1.54, 1.807) is 6.07 Å². The van der Waals surface area contributed by atoms with Crippen LogP contribution in [0.3, 0.4) is 0 Å². The number of hydrogen-bond acceptors (Lipinski definition) is 2. The Morgan fingerprint density at radius 1 is 1.15 bits per heavy atom. The van der Waals surface area contributed by atoms with E-state index in [-0.39, 0.29) is 11.9 Å². The quantitative estimate of drug-likeness (QED) is 0.848. The molecule has 2 saturated heterocycles. The average molecular weight is 280 g/mol. The maximum Gasteiger partial charge on any atom is 0.236 e. The van der Waals surface area contributed by atoms with Gasteiger partial charge in [0.05, 0.1) is 6.54 Å². The maximum absolute atomic E-state index is 13.3. The van der Waals surface area contributed by atoms with E-state index >= 15 is 0 Å². The Kier molecular flexibility index (Phi) is 3.70. The lowest BCUT2D eigenvalue weighted by Crippen LogP contribution is -2.47. The van der Waals surface area contributed by atoms with E-state index in [2.05, 4.69) is 4.90 Å². The van der Waals surface area contributed by atoms with Gasteiger partial charge in [0.15, 0.2) is 11.6 Å². The van der Waals surface area contributed by atoms with Crippen LogP contribution in [0.1, 0.15) is 30.9 Å². The first-order chi connectivity index (χ1) is 9.65. The average Bonchev–Trinajstić information content (AvgIpc) is 2.78. The van der Waals surface area contributed by atoms with E-state index in [9.17, 15) is 13.6 Å². The van der Waals surface area contributed by atoms with Crippen LogP contribution < -0.4 is 0 Å². The highest BCUT2D eigenvalue weighted by Crippen LogP contribution is 2.32. The van der Waals surface area contributed by atoms with Crippen LogP contribution in [0, 0.1) is 11.6 Å². The summed E-state index contributed by atoms with van der Waals surface area (Å²) >= 11 is 0. The Hall–Kier alpha value is -1.49. The van der Waals surface area contributed by atoms with Crippen molar-refractivity contribution in [1.29, 1.82) is 0 Å². The fourth-order valence-electron chi connectivity index (χ4n) is 2.95. The van der Waals surface area contributed by atoms with Crippen molar-refractivity contribution in [2.24, 2.45) is 0 Å². The van der Waals surface area contributed by atoms with Crippen LogP contribution in [0.4, 0.5) is 8.78 Å². The highest BCUT2D eigenvalue weighted by atomic mass is 19.2. The largest absolute Gasteiger partial charge is 0.341 e. The van der Waals surface area contributed by atoms with Crippen molar-refractivity contribution in [3.8, 4) is 0 Å². The van der Waals surface area contributed by atoms with Crippen molar-refractivity contribution in [2.75, 3.05) is 26.2 Å². The normalized spacial score (nSPS) is 22.9. The van der Waals surface area contributed by atoms with Crippen LogP contribution in [0.5, 0.6) is 0 Å². The third-order valence-electron chi connectivity index (χ3n) is 4.24. The van der Waals surface area contributed by atoms with E-state index in [0.29, 0.717) is 6.54 Å². The first kappa shape index (κ1) is 13.5. The van der Waals surface area contributed by atoms with Gasteiger partial charge in [0, 0.05) is 19.1 Å². The Balaban J connectivity index is 1.71. The number of benzene rings is 1. The standard InChI is InChI=1S/C15H18F2N2O/c16-12-5-4-11(9-13(12)17)14-3-1-6-19(14)10-15(20)18-7-2-8-18/h4-5,9,14H,1-3,6-8,10H2/t14-/m0/s1. The summed E-state index contributed by atoms with van der Waals surface area (Å²) in [6.45, 7) is 2.91. The zero-order valence-corrected chi connectivity index (χ0v) is 11.3. The van der Waals surface area contributed by atoms with Crippen LogP contribution >= 0.6 is 0 Å². The van der Waals surface area contributed by atoms with Crippen molar-refractivity contribution >= 4 is 5.91 Å². The van der Waals surface area contributed by atoms with Gasteiger partial charge in [-0.15, -0.1) is 0 Å². The fraction of sp³-hybridized carbons (Fsp3) is 0.533. The van der Waals surface area contributed by atoms with Crippen LogP contribution in [0.15, 0.2) is 18.2 Å².